The van der Waals surface area contributed by atoms with E-state index in [2.05, 4.69) is 15.2 Å². The maximum atomic E-state index is 11.0. The lowest BCUT2D eigenvalue weighted by molar-refractivity contribution is -0.119. The van der Waals surface area contributed by atoms with Gasteiger partial charge < -0.3 is 16.0 Å². The molecule has 0 saturated carbocycles. The second-order valence-corrected chi connectivity index (χ2v) is 4.37. The molecule has 92 valence electrons. The molecule has 0 aromatic carbocycles. The van der Waals surface area contributed by atoms with E-state index < -0.39 is 0 Å². The molecule has 3 N–H and O–H groups in total. The van der Waals surface area contributed by atoms with Crippen LogP contribution in [0.5, 0.6) is 0 Å². The van der Waals surface area contributed by atoms with Gasteiger partial charge in [0, 0.05) is 32.3 Å². The third-order valence-electron chi connectivity index (χ3n) is 3.06. The molecular formula is C12H18N4O. The summed E-state index contributed by atoms with van der Waals surface area (Å²) in [6.07, 6.45) is 3.60. The summed E-state index contributed by atoms with van der Waals surface area (Å²) in [6, 6.07) is 4.17. The van der Waals surface area contributed by atoms with Crippen molar-refractivity contribution < 1.29 is 4.79 Å². The third-order valence-corrected chi connectivity index (χ3v) is 3.06. The zero-order valence-electron chi connectivity index (χ0n) is 10.0. The first kappa shape index (κ1) is 11.7. The molecule has 0 spiro atoms. The highest BCUT2D eigenvalue weighted by atomic mass is 16.1. The Morgan fingerprint density at radius 3 is 2.82 bits per heavy atom. The molecule has 1 aromatic rings. The minimum absolute atomic E-state index is 0.0457. The summed E-state index contributed by atoms with van der Waals surface area (Å²) in [5.41, 5.74) is 6.84. The first-order valence-electron chi connectivity index (χ1n) is 5.89. The van der Waals surface area contributed by atoms with Crippen LogP contribution in [0, 0.1) is 0 Å². The maximum Gasteiger partial charge on any atom is 0.217 e. The van der Waals surface area contributed by atoms with E-state index in [1.807, 2.05) is 12.1 Å². The van der Waals surface area contributed by atoms with Crippen LogP contribution < -0.4 is 16.0 Å². The Morgan fingerprint density at radius 1 is 1.53 bits per heavy atom. The Bertz CT molecular complexity index is 399. The molecule has 0 atom stereocenters. The summed E-state index contributed by atoms with van der Waals surface area (Å²) in [4.78, 5) is 17.3. The number of carbonyl (C=O) groups excluding carboxylic acids is 1. The Labute approximate surface area is 101 Å². The highest BCUT2D eigenvalue weighted by molar-refractivity contribution is 5.73. The zero-order valence-corrected chi connectivity index (χ0v) is 10.0. The van der Waals surface area contributed by atoms with Crippen LogP contribution in [0.15, 0.2) is 18.3 Å². The SMILES string of the molecule is CC(=O)NC1CCN(c2cccnc2N)CC1. The van der Waals surface area contributed by atoms with Gasteiger partial charge in [-0.2, -0.15) is 0 Å². The molecule has 1 aromatic heterocycles. The maximum absolute atomic E-state index is 11.0. The minimum atomic E-state index is 0.0457. The van der Waals surface area contributed by atoms with Gasteiger partial charge in [0.05, 0.1) is 5.69 Å². The van der Waals surface area contributed by atoms with Crippen LogP contribution in [-0.2, 0) is 4.79 Å². The molecule has 17 heavy (non-hydrogen) atoms. The summed E-state index contributed by atoms with van der Waals surface area (Å²) >= 11 is 0. The molecule has 0 bridgehead atoms. The van der Waals surface area contributed by atoms with Crippen LogP contribution in [0.25, 0.3) is 0 Å². The van der Waals surface area contributed by atoms with Gasteiger partial charge in [0.25, 0.3) is 0 Å². The number of nitrogens with one attached hydrogen (secondary N) is 1. The number of anilines is 2. The van der Waals surface area contributed by atoms with E-state index in [0.717, 1.165) is 31.6 Å². The number of piperidine rings is 1. The van der Waals surface area contributed by atoms with Crippen molar-refractivity contribution in [2.75, 3.05) is 23.7 Å². The van der Waals surface area contributed by atoms with E-state index in [1.165, 1.54) is 0 Å². The Hall–Kier alpha value is -1.78. The predicted octanol–water partition coefficient (Wildman–Crippen LogP) is 0.769. The van der Waals surface area contributed by atoms with Gasteiger partial charge in [-0.1, -0.05) is 0 Å². The van der Waals surface area contributed by atoms with Crippen molar-refractivity contribution in [1.29, 1.82) is 0 Å². The molecule has 1 amide bonds. The van der Waals surface area contributed by atoms with Crippen LogP contribution in [0.1, 0.15) is 19.8 Å². The number of amides is 1. The summed E-state index contributed by atoms with van der Waals surface area (Å²) in [6.45, 7) is 3.37. The van der Waals surface area contributed by atoms with Crippen molar-refractivity contribution in [3.8, 4) is 0 Å². The van der Waals surface area contributed by atoms with Crippen LogP contribution in [-0.4, -0.2) is 30.0 Å². The molecule has 1 aliphatic rings. The van der Waals surface area contributed by atoms with Gasteiger partial charge >= 0.3 is 0 Å². The fourth-order valence-electron chi connectivity index (χ4n) is 2.23. The van der Waals surface area contributed by atoms with E-state index in [-0.39, 0.29) is 5.91 Å². The quantitative estimate of drug-likeness (QED) is 0.793. The van der Waals surface area contributed by atoms with Gasteiger partial charge in [-0.25, -0.2) is 4.98 Å². The molecule has 1 saturated heterocycles. The van der Waals surface area contributed by atoms with Gasteiger partial charge in [-0.3, -0.25) is 4.79 Å². The summed E-state index contributed by atoms with van der Waals surface area (Å²) in [5.74, 6) is 0.620. The monoisotopic (exact) mass is 234 g/mol. The predicted molar refractivity (Wildman–Crippen MR) is 67.7 cm³/mol. The fraction of sp³-hybridized carbons (Fsp3) is 0.500. The van der Waals surface area contributed by atoms with Crippen molar-refractivity contribution in [1.82, 2.24) is 10.3 Å². The first-order chi connectivity index (χ1) is 8.16. The number of nitrogens with zero attached hydrogens (tertiary/aromatic N) is 2. The van der Waals surface area contributed by atoms with Crippen LogP contribution >= 0.6 is 0 Å². The largest absolute Gasteiger partial charge is 0.382 e. The van der Waals surface area contributed by atoms with Gasteiger partial charge in [-0.05, 0) is 25.0 Å². The summed E-state index contributed by atoms with van der Waals surface area (Å²) in [5, 5.41) is 2.96. The molecule has 0 unspecified atom stereocenters. The second kappa shape index (κ2) is 5.03. The average molecular weight is 234 g/mol. The number of nitrogen functional groups attached to an aromatic ring is 1. The molecule has 2 heterocycles. The number of hydrogen-bond acceptors (Lipinski definition) is 4. The second-order valence-electron chi connectivity index (χ2n) is 4.37. The number of pyridine rings is 1. The molecule has 5 nitrogen and oxygen atoms in total. The molecule has 0 radical (unpaired) electrons. The van der Waals surface area contributed by atoms with Crippen LogP contribution in [0.3, 0.4) is 0 Å². The normalized spacial score (nSPS) is 16.9. The van der Waals surface area contributed by atoms with Crippen molar-refractivity contribution in [2.24, 2.45) is 0 Å². The number of carbonyl (C=O) groups is 1. The van der Waals surface area contributed by atoms with Crippen LogP contribution in [0.2, 0.25) is 0 Å². The molecular weight excluding hydrogens is 216 g/mol. The summed E-state index contributed by atoms with van der Waals surface area (Å²) < 4.78 is 0. The number of hydrogen-bond donors (Lipinski definition) is 2. The van der Waals surface area contributed by atoms with E-state index in [1.54, 1.807) is 13.1 Å². The Balaban J connectivity index is 1.95. The highest BCUT2D eigenvalue weighted by Crippen LogP contribution is 2.23. The van der Waals surface area contributed by atoms with Gasteiger partial charge in [0.2, 0.25) is 5.91 Å². The molecule has 2 rings (SSSR count). The number of rotatable bonds is 2. The molecule has 1 fully saturated rings. The molecule has 0 aliphatic carbocycles. The molecule has 1 aliphatic heterocycles. The van der Waals surface area contributed by atoms with Crippen molar-refractivity contribution in [3.05, 3.63) is 18.3 Å². The van der Waals surface area contributed by atoms with E-state index in [0.29, 0.717) is 11.9 Å². The standard InChI is InChI=1S/C12H18N4O/c1-9(17)15-10-4-7-16(8-5-10)11-3-2-6-14-12(11)13/h2-3,6,10H,4-5,7-8H2,1H3,(H2,13,14)(H,15,17). The van der Waals surface area contributed by atoms with Crippen molar-refractivity contribution >= 4 is 17.4 Å². The Morgan fingerprint density at radius 2 is 2.24 bits per heavy atom. The van der Waals surface area contributed by atoms with Crippen molar-refractivity contribution in [3.63, 3.8) is 0 Å². The summed E-state index contributed by atoms with van der Waals surface area (Å²) in [7, 11) is 0. The molecule has 5 heteroatoms. The van der Waals surface area contributed by atoms with Gasteiger partial charge in [-0.15, -0.1) is 0 Å². The number of nitrogens with two attached hydrogens (primary N) is 1. The highest BCUT2D eigenvalue weighted by Gasteiger charge is 2.21. The zero-order chi connectivity index (χ0) is 12.3. The number of aromatic nitrogens is 1. The van der Waals surface area contributed by atoms with Gasteiger partial charge in [0.1, 0.15) is 5.82 Å². The lowest BCUT2D eigenvalue weighted by Gasteiger charge is -2.34. The minimum Gasteiger partial charge on any atom is -0.382 e. The third kappa shape index (κ3) is 2.87. The average Bonchev–Trinajstić information content (AvgIpc) is 2.30. The Kier molecular flexibility index (Phi) is 3.46. The van der Waals surface area contributed by atoms with Crippen LogP contribution in [0.4, 0.5) is 11.5 Å². The lowest BCUT2D eigenvalue weighted by atomic mass is 10.0. The van der Waals surface area contributed by atoms with Gasteiger partial charge in [0.15, 0.2) is 0 Å². The van der Waals surface area contributed by atoms with E-state index in [4.69, 9.17) is 5.73 Å². The lowest BCUT2D eigenvalue weighted by Crippen LogP contribution is -2.44. The first-order valence-corrected chi connectivity index (χ1v) is 5.89. The smallest absolute Gasteiger partial charge is 0.217 e. The van der Waals surface area contributed by atoms with Crippen molar-refractivity contribution in [2.45, 2.75) is 25.8 Å². The van der Waals surface area contributed by atoms with E-state index >= 15 is 0 Å². The topological polar surface area (TPSA) is 71.2 Å². The fourth-order valence-corrected chi connectivity index (χ4v) is 2.23. The van der Waals surface area contributed by atoms with E-state index in [9.17, 15) is 4.79 Å².